The number of halogens is 2. The van der Waals surface area contributed by atoms with Crippen molar-refractivity contribution in [2.24, 2.45) is 5.92 Å². The average Bonchev–Trinajstić information content (AvgIpc) is 3.61. The van der Waals surface area contributed by atoms with E-state index in [0.29, 0.717) is 5.92 Å². The highest BCUT2D eigenvalue weighted by atomic mass is 79.9. The van der Waals surface area contributed by atoms with Crippen molar-refractivity contribution in [2.45, 2.75) is 45.8 Å². The second-order valence-corrected chi connectivity index (χ2v) is 11.0. The molecule has 9 heteroatoms. The van der Waals surface area contributed by atoms with Gasteiger partial charge in [0.1, 0.15) is 17.2 Å². The Morgan fingerprint density at radius 1 is 1.18 bits per heavy atom. The minimum Gasteiger partial charge on any atom is -0.495 e. The first kappa shape index (κ1) is 27.5. The Balaban J connectivity index is 1.74. The fraction of sp³-hybridized carbons (Fsp3) is 0.379. The quantitative estimate of drug-likeness (QED) is 0.243. The summed E-state index contributed by atoms with van der Waals surface area (Å²) in [7, 11) is 2.52. The molecule has 0 unspecified atom stereocenters. The number of amides is 1. The Labute approximate surface area is 230 Å². The van der Waals surface area contributed by atoms with Gasteiger partial charge in [0.25, 0.3) is 0 Å². The summed E-state index contributed by atoms with van der Waals surface area (Å²) in [4.78, 5) is 26.4. The van der Waals surface area contributed by atoms with Crippen LogP contribution in [0.1, 0.15) is 49.7 Å². The molecule has 0 atom stereocenters. The van der Waals surface area contributed by atoms with E-state index in [-0.39, 0.29) is 23.5 Å². The highest BCUT2D eigenvalue weighted by Gasteiger charge is 2.28. The van der Waals surface area contributed by atoms with Crippen LogP contribution in [0.3, 0.4) is 0 Å². The molecule has 0 spiro atoms. The number of methoxy groups -OCH3 is 2. The lowest BCUT2D eigenvalue weighted by Gasteiger charge is -2.27. The molecule has 3 aromatic rings. The van der Waals surface area contributed by atoms with Crippen LogP contribution in [0.2, 0.25) is 0 Å². The summed E-state index contributed by atoms with van der Waals surface area (Å²) in [6.45, 7) is 5.98. The molecule has 1 fully saturated rings. The van der Waals surface area contributed by atoms with Crippen LogP contribution in [-0.2, 0) is 16.0 Å². The molecule has 1 saturated carbocycles. The van der Waals surface area contributed by atoms with Gasteiger partial charge in [-0.05, 0) is 69.7 Å². The molecule has 1 heterocycles. The molecule has 38 heavy (non-hydrogen) atoms. The van der Waals surface area contributed by atoms with Gasteiger partial charge in [-0.15, -0.1) is 0 Å². The minimum atomic E-state index is -0.858. The summed E-state index contributed by atoms with van der Waals surface area (Å²) in [5, 5.41) is 1.06. The lowest BCUT2D eigenvalue weighted by atomic mass is 10.1. The van der Waals surface area contributed by atoms with E-state index in [2.05, 4.69) is 43.1 Å². The van der Waals surface area contributed by atoms with Crippen LogP contribution in [0.15, 0.2) is 40.9 Å². The first-order valence-corrected chi connectivity index (χ1v) is 13.0. The third-order valence-electron chi connectivity index (χ3n) is 6.06. The number of rotatable bonds is 6. The monoisotopic (exact) mass is 584 g/mol. The number of ether oxygens (including phenoxy) is 3. The molecule has 200 valence electrons. The Morgan fingerprint density at radius 2 is 1.92 bits per heavy atom. The second-order valence-electron chi connectivity index (χ2n) is 10.1. The summed E-state index contributed by atoms with van der Waals surface area (Å²) in [6, 6.07) is 10.3. The normalized spacial score (nSPS) is 13.0. The third-order valence-corrected chi connectivity index (χ3v) is 6.75. The topological polar surface area (TPSA) is 70.0 Å². The van der Waals surface area contributed by atoms with Crippen LogP contribution >= 0.6 is 15.9 Å². The minimum absolute atomic E-state index is 0.0856. The number of nitrogens with zero attached hydrogens (tertiary/aromatic N) is 2. The van der Waals surface area contributed by atoms with Gasteiger partial charge < -0.3 is 18.8 Å². The Morgan fingerprint density at radius 3 is 2.55 bits per heavy atom. The van der Waals surface area contributed by atoms with E-state index in [0.717, 1.165) is 40.8 Å². The average molecular weight is 585 g/mol. The predicted octanol–water partition coefficient (Wildman–Crippen LogP) is 6.54. The van der Waals surface area contributed by atoms with Gasteiger partial charge in [0.2, 0.25) is 0 Å². The van der Waals surface area contributed by atoms with Crippen LogP contribution in [0.5, 0.6) is 5.75 Å². The van der Waals surface area contributed by atoms with Crippen molar-refractivity contribution in [3.8, 4) is 17.6 Å². The van der Waals surface area contributed by atoms with Crippen LogP contribution < -0.4 is 9.64 Å². The molecule has 0 radical (unpaired) electrons. The molecule has 0 N–H and O–H groups in total. The number of carbonyl (C=O) groups excluding carboxylic acids is 2. The number of anilines is 1. The van der Waals surface area contributed by atoms with Crippen LogP contribution in [0.25, 0.3) is 10.9 Å². The third kappa shape index (κ3) is 6.13. The fourth-order valence-electron chi connectivity index (χ4n) is 4.07. The van der Waals surface area contributed by atoms with Crippen LogP contribution in [-0.4, -0.2) is 43.0 Å². The van der Waals surface area contributed by atoms with Gasteiger partial charge in [0.15, 0.2) is 0 Å². The molecule has 0 saturated heterocycles. The maximum absolute atomic E-state index is 14.9. The van der Waals surface area contributed by atoms with Gasteiger partial charge >= 0.3 is 12.1 Å². The number of hydrogen-bond acceptors (Lipinski definition) is 5. The van der Waals surface area contributed by atoms with Crippen molar-refractivity contribution in [3.63, 3.8) is 0 Å². The lowest BCUT2D eigenvalue weighted by Crippen LogP contribution is -2.37. The summed E-state index contributed by atoms with van der Waals surface area (Å²) in [6.07, 6.45) is 1.66. The number of esters is 1. The van der Waals surface area contributed by atoms with Crippen molar-refractivity contribution >= 4 is 44.6 Å². The maximum Gasteiger partial charge on any atom is 0.415 e. The number of fused-ring (bicyclic) bond motifs is 1. The molecule has 0 bridgehead atoms. The number of carbonyl (C=O) groups is 2. The van der Waals surface area contributed by atoms with E-state index in [4.69, 9.17) is 9.47 Å². The standard InChI is InChI=1S/C29H30BrFN2O5/c1-29(2,3)38-28(35)32(25-16-23(31)21(27(34)37-5)15-26(25)36-4)13-7-8-19-14-20-22(30)9-6-10-24(20)33(19)17-18-11-12-18/h6,9-10,14-16,18H,11-13,17H2,1-5H3. The Kier molecular flexibility index (Phi) is 8.02. The van der Waals surface area contributed by atoms with E-state index in [9.17, 15) is 14.0 Å². The zero-order valence-corrected chi connectivity index (χ0v) is 23.6. The van der Waals surface area contributed by atoms with E-state index in [1.54, 1.807) is 20.8 Å². The SMILES string of the molecule is COC(=O)c1cc(OC)c(N(CC#Cc2cc3c(Br)cccc3n2CC2CC2)C(=O)OC(C)(C)C)cc1F. The van der Waals surface area contributed by atoms with Crippen LogP contribution in [0, 0.1) is 23.6 Å². The summed E-state index contributed by atoms with van der Waals surface area (Å²) in [5.74, 6) is 5.29. The molecule has 0 aliphatic heterocycles. The van der Waals surface area contributed by atoms with E-state index < -0.39 is 23.5 Å². The largest absolute Gasteiger partial charge is 0.495 e. The van der Waals surface area contributed by atoms with Crippen molar-refractivity contribution in [1.29, 1.82) is 0 Å². The lowest BCUT2D eigenvalue weighted by molar-refractivity contribution is 0.0581. The Bertz CT molecular complexity index is 1440. The molecule has 2 aromatic carbocycles. The summed E-state index contributed by atoms with van der Waals surface area (Å²) in [5.41, 5.74) is 0.883. The maximum atomic E-state index is 14.9. The van der Waals surface area contributed by atoms with E-state index in [1.165, 1.54) is 30.9 Å². The van der Waals surface area contributed by atoms with Gasteiger partial charge in [-0.2, -0.15) is 0 Å². The highest BCUT2D eigenvalue weighted by Crippen LogP contribution is 2.35. The summed E-state index contributed by atoms with van der Waals surface area (Å²) < 4.78 is 33.7. The number of benzene rings is 2. The van der Waals surface area contributed by atoms with Gasteiger partial charge in [-0.25, -0.2) is 14.0 Å². The molecular formula is C29H30BrFN2O5. The van der Waals surface area contributed by atoms with Gasteiger partial charge in [0, 0.05) is 22.5 Å². The second kappa shape index (κ2) is 11.1. The van der Waals surface area contributed by atoms with E-state index in [1.807, 2.05) is 18.2 Å². The summed E-state index contributed by atoms with van der Waals surface area (Å²) >= 11 is 3.63. The van der Waals surface area contributed by atoms with E-state index >= 15 is 0 Å². The highest BCUT2D eigenvalue weighted by molar-refractivity contribution is 9.10. The molecule has 1 amide bonds. The van der Waals surface area contributed by atoms with Crippen molar-refractivity contribution < 1.29 is 28.2 Å². The molecular weight excluding hydrogens is 555 g/mol. The van der Waals surface area contributed by atoms with Crippen molar-refractivity contribution in [3.05, 3.63) is 57.9 Å². The van der Waals surface area contributed by atoms with Crippen molar-refractivity contribution in [2.75, 3.05) is 25.7 Å². The van der Waals surface area contributed by atoms with Gasteiger partial charge in [-0.1, -0.05) is 27.9 Å². The van der Waals surface area contributed by atoms with Gasteiger partial charge in [-0.3, -0.25) is 4.90 Å². The van der Waals surface area contributed by atoms with Gasteiger partial charge in [0.05, 0.1) is 43.2 Å². The zero-order chi connectivity index (χ0) is 27.6. The molecule has 7 nitrogen and oxygen atoms in total. The smallest absolute Gasteiger partial charge is 0.415 e. The van der Waals surface area contributed by atoms with Crippen molar-refractivity contribution in [1.82, 2.24) is 4.57 Å². The molecule has 1 aliphatic rings. The first-order valence-electron chi connectivity index (χ1n) is 12.3. The molecule has 1 aliphatic carbocycles. The Hall–Kier alpha value is -3.51. The predicted molar refractivity (Wildman–Crippen MR) is 147 cm³/mol. The van der Waals surface area contributed by atoms with Crippen LogP contribution in [0.4, 0.5) is 14.9 Å². The zero-order valence-electron chi connectivity index (χ0n) is 22.1. The molecule has 1 aromatic heterocycles. The number of hydrogen-bond donors (Lipinski definition) is 0. The fourth-order valence-corrected chi connectivity index (χ4v) is 4.54. The first-order chi connectivity index (χ1) is 18.0. The number of aromatic nitrogens is 1. The molecule has 4 rings (SSSR count).